The Morgan fingerprint density at radius 2 is 1.96 bits per heavy atom. The lowest BCUT2D eigenvalue weighted by atomic mass is 10.1. The van der Waals surface area contributed by atoms with Crippen LogP contribution < -0.4 is 0 Å². The van der Waals surface area contributed by atoms with Gasteiger partial charge in [0.05, 0.1) is 12.0 Å². The Morgan fingerprint density at radius 1 is 1.27 bits per heavy atom. The Bertz CT molecular complexity index is 630. The Kier molecular flexibility index (Phi) is 6.32. The van der Waals surface area contributed by atoms with Gasteiger partial charge in [-0.2, -0.15) is 0 Å². The number of hydrogen-bond acceptors (Lipinski definition) is 9. The van der Waals surface area contributed by atoms with Crippen LogP contribution in [0.2, 0.25) is 0 Å². The topological polar surface area (TPSA) is 174 Å². The minimum atomic E-state index is -1.91. The van der Waals surface area contributed by atoms with Crippen LogP contribution in [0.1, 0.15) is 12.8 Å². The lowest BCUT2D eigenvalue weighted by molar-refractivity contribution is -0.159. The number of carboxylic acid groups (broad SMARTS) is 2. The first kappa shape index (κ1) is 19.8. The fourth-order valence-corrected chi connectivity index (χ4v) is 2.47. The third-order valence-corrected chi connectivity index (χ3v) is 3.88. The first-order valence-electron chi connectivity index (χ1n) is 7.67. The molecule has 11 nitrogen and oxygen atoms in total. The highest BCUT2D eigenvalue weighted by Crippen LogP contribution is 2.27. The normalized spacial score (nSPS) is 29.2. The third kappa shape index (κ3) is 4.58. The number of carboxylic acids is 2. The molecule has 2 aliphatic rings. The van der Waals surface area contributed by atoms with Gasteiger partial charge in [-0.1, -0.05) is 6.08 Å². The van der Waals surface area contributed by atoms with E-state index < -0.39 is 61.6 Å². The van der Waals surface area contributed by atoms with Crippen molar-refractivity contribution in [3.05, 3.63) is 24.0 Å². The van der Waals surface area contributed by atoms with Crippen molar-refractivity contribution < 1.29 is 49.4 Å². The van der Waals surface area contributed by atoms with E-state index in [1.54, 1.807) is 6.08 Å². The maximum Gasteiger partial charge on any atom is 0.333 e. The number of allylic oxidation sites excluding steroid dienone is 1. The number of carbonyl (C=O) groups excluding carboxylic acids is 1. The zero-order valence-corrected chi connectivity index (χ0v) is 13.5. The summed E-state index contributed by atoms with van der Waals surface area (Å²) in [4.78, 5) is 34.3. The molecule has 11 heteroatoms. The van der Waals surface area contributed by atoms with Crippen molar-refractivity contribution in [3.63, 3.8) is 0 Å². The van der Waals surface area contributed by atoms with Gasteiger partial charge in [-0.3, -0.25) is 4.79 Å². The lowest BCUT2D eigenvalue weighted by Gasteiger charge is -2.28. The standard InChI is InChI=1S/C15H19NO10/c17-8(15(23)24)4-10(18)25-6-9-11(19)12(20)13(26-9)16-3-1-2-7(5-16)14(21)22/h1,3,5,8-9,11-13,17,19-20H,2,4,6H2,(H,21,22)(H,23,24)/t8-,9+,11+,12+,13+/m0/s1. The number of ether oxygens (including phenoxy) is 2. The second-order valence-electron chi connectivity index (χ2n) is 5.78. The van der Waals surface area contributed by atoms with E-state index in [0.717, 1.165) is 0 Å². The monoisotopic (exact) mass is 373 g/mol. The van der Waals surface area contributed by atoms with Gasteiger partial charge in [-0.15, -0.1) is 0 Å². The summed E-state index contributed by atoms with van der Waals surface area (Å²) in [6.45, 7) is -0.479. The van der Waals surface area contributed by atoms with Gasteiger partial charge in [0, 0.05) is 18.8 Å². The predicted molar refractivity (Wildman–Crippen MR) is 81.2 cm³/mol. The average molecular weight is 373 g/mol. The van der Waals surface area contributed by atoms with E-state index in [1.165, 1.54) is 17.3 Å². The Labute approximate surface area is 147 Å². The molecule has 0 radical (unpaired) electrons. The number of carbonyl (C=O) groups is 3. The zero-order valence-electron chi connectivity index (χ0n) is 13.5. The summed E-state index contributed by atoms with van der Waals surface area (Å²) in [6.07, 6.45) is -3.21. The van der Waals surface area contributed by atoms with Crippen LogP contribution in [0.25, 0.3) is 0 Å². The molecule has 0 aromatic rings. The smallest absolute Gasteiger partial charge is 0.333 e. The van der Waals surface area contributed by atoms with Crippen molar-refractivity contribution in [2.75, 3.05) is 6.61 Å². The molecule has 144 valence electrons. The number of nitrogens with zero attached hydrogens (tertiary/aromatic N) is 1. The minimum Gasteiger partial charge on any atom is -0.479 e. The molecule has 0 amide bonds. The van der Waals surface area contributed by atoms with Crippen LogP contribution in [-0.4, -0.2) is 85.6 Å². The van der Waals surface area contributed by atoms with Crippen molar-refractivity contribution in [1.29, 1.82) is 0 Å². The number of aliphatic hydroxyl groups is 3. The van der Waals surface area contributed by atoms with Gasteiger partial charge < -0.3 is 39.9 Å². The summed E-state index contributed by atoms with van der Waals surface area (Å²) >= 11 is 0. The molecule has 26 heavy (non-hydrogen) atoms. The highest BCUT2D eigenvalue weighted by Gasteiger charge is 2.45. The highest BCUT2D eigenvalue weighted by atomic mass is 16.6. The molecule has 2 rings (SSSR count). The maximum atomic E-state index is 11.5. The molecule has 0 bridgehead atoms. The van der Waals surface area contributed by atoms with Gasteiger partial charge in [0.15, 0.2) is 12.3 Å². The van der Waals surface area contributed by atoms with E-state index in [-0.39, 0.29) is 12.0 Å². The molecule has 0 unspecified atom stereocenters. The van der Waals surface area contributed by atoms with Gasteiger partial charge in [0.2, 0.25) is 0 Å². The molecule has 1 saturated heterocycles. The summed E-state index contributed by atoms with van der Waals surface area (Å²) in [5.41, 5.74) is 0.0651. The molecule has 5 N–H and O–H groups in total. The second kappa shape index (κ2) is 8.27. The van der Waals surface area contributed by atoms with Gasteiger partial charge in [-0.05, 0) is 0 Å². The van der Waals surface area contributed by atoms with Gasteiger partial charge >= 0.3 is 17.9 Å². The van der Waals surface area contributed by atoms with E-state index in [0.29, 0.717) is 0 Å². The number of aliphatic hydroxyl groups excluding tert-OH is 3. The van der Waals surface area contributed by atoms with Crippen molar-refractivity contribution >= 4 is 17.9 Å². The Balaban J connectivity index is 1.94. The van der Waals surface area contributed by atoms with Crippen molar-refractivity contribution in [3.8, 4) is 0 Å². The number of esters is 1. The van der Waals surface area contributed by atoms with Crippen LogP contribution in [0.5, 0.6) is 0 Å². The second-order valence-corrected chi connectivity index (χ2v) is 5.78. The summed E-state index contributed by atoms with van der Waals surface area (Å²) in [6, 6.07) is 0. The highest BCUT2D eigenvalue weighted by molar-refractivity contribution is 5.87. The molecule has 0 aliphatic carbocycles. The van der Waals surface area contributed by atoms with Crippen molar-refractivity contribution in [1.82, 2.24) is 4.90 Å². The number of hydrogen-bond donors (Lipinski definition) is 5. The van der Waals surface area contributed by atoms with E-state index in [2.05, 4.69) is 0 Å². The fourth-order valence-electron chi connectivity index (χ4n) is 2.47. The molecule has 5 atom stereocenters. The van der Waals surface area contributed by atoms with Gasteiger partial charge in [-0.25, -0.2) is 9.59 Å². The molecular weight excluding hydrogens is 354 g/mol. The Hall–Kier alpha value is -2.47. The molecule has 0 aromatic carbocycles. The van der Waals surface area contributed by atoms with Gasteiger partial charge in [0.1, 0.15) is 24.9 Å². The lowest BCUT2D eigenvalue weighted by Crippen LogP contribution is -2.40. The third-order valence-electron chi connectivity index (χ3n) is 3.88. The molecule has 0 spiro atoms. The number of rotatable bonds is 7. The number of aliphatic carboxylic acids is 2. The first-order valence-corrected chi connectivity index (χ1v) is 7.67. The van der Waals surface area contributed by atoms with Crippen molar-refractivity contribution in [2.45, 2.75) is 43.5 Å². The van der Waals surface area contributed by atoms with Crippen LogP contribution in [-0.2, 0) is 23.9 Å². The molecule has 2 heterocycles. The fraction of sp³-hybridized carbons (Fsp3) is 0.533. The summed E-state index contributed by atoms with van der Waals surface area (Å²) in [5.74, 6) is -3.72. The molecule has 2 aliphatic heterocycles. The zero-order chi connectivity index (χ0) is 19.4. The van der Waals surface area contributed by atoms with E-state index in [1.807, 2.05) is 0 Å². The SMILES string of the molecule is O=C(C[C@H](O)C(=O)O)OC[C@H]1O[C@@H](N2C=CCC(C(=O)O)=C2)[C@H](O)[C@@H]1O. The minimum absolute atomic E-state index is 0.0651. The van der Waals surface area contributed by atoms with Crippen LogP contribution >= 0.6 is 0 Å². The van der Waals surface area contributed by atoms with E-state index in [4.69, 9.17) is 24.8 Å². The Morgan fingerprint density at radius 3 is 2.58 bits per heavy atom. The van der Waals surface area contributed by atoms with Crippen molar-refractivity contribution in [2.24, 2.45) is 0 Å². The van der Waals surface area contributed by atoms with Gasteiger partial charge in [0.25, 0.3) is 0 Å². The van der Waals surface area contributed by atoms with E-state index in [9.17, 15) is 24.6 Å². The van der Waals surface area contributed by atoms with Crippen LogP contribution in [0.4, 0.5) is 0 Å². The predicted octanol–water partition coefficient (Wildman–Crippen LogP) is -2.00. The largest absolute Gasteiger partial charge is 0.479 e. The summed E-state index contributed by atoms with van der Waals surface area (Å²) in [7, 11) is 0. The average Bonchev–Trinajstić information content (AvgIpc) is 2.88. The van der Waals surface area contributed by atoms with Crippen LogP contribution in [0, 0.1) is 0 Å². The van der Waals surface area contributed by atoms with Crippen LogP contribution in [0.3, 0.4) is 0 Å². The quantitative estimate of drug-likeness (QED) is 0.312. The molecule has 0 saturated carbocycles. The first-order chi connectivity index (χ1) is 12.2. The summed E-state index contributed by atoms with van der Waals surface area (Å²) < 4.78 is 10.2. The van der Waals surface area contributed by atoms with E-state index >= 15 is 0 Å². The van der Waals surface area contributed by atoms with Crippen LogP contribution in [0.15, 0.2) is 24.0 Å². The summed E-state index contributed by atoms with van der Waals surface area (Å²) in [5, 5.41) is 46.7. The molecule has 0 aromatic heterocycles. The maximum absolute atomic E-state index is 11.5. The molecule has 1 fully saturated rings. The molecular formula is C15H19NO10.